The normalized spacial score (nSPS) is 18.1. The van der Waals surface area contributed by atoms with E-state index in [0.29, 0.717) is 12.2 Å². The molecule has 0 amide bonds. The van der Waals surface area contributed by atoms with E-state index < -0.39 is 5.97 Å². The van der Waals surface area contributed by atoms with Crippen LogP contribution in [0.3, 0.4) is 0 Å². The third-order valence-electron chi connectivity index (χ3n) is 6.74. The standard InChI is InChI=1S/C27H27ClN2O3/c28-21-6-8-22(9-7-21)30-15-13-29(14-16-30)12-11-24-23-4-2-1-3-20(23)18-33-26-10-5-19(27(31)32)17-25(24)26/h1-10,17,24H,11-16,18H2,(H,31,32). The van der Waals surface area contributed by atoms with Crippen molar-refractivity contribution in [3.63, 3.8) is 0 Å². The molecule has 33 heavy (non-hydrogen) atoms. The number of anilines is 1. The molecule has 0 spiro atoms. The van der Waals surface area contributed by atoms with E-state index in [0.717, 1.165) is 55.5 Å². The Labute approximate surface area is 199 Å². The van der Waals surface area contributed by atoms with Crippen molar-refractivity contribution in [3.8, 4) is 5.75 Å². The fraction of sp³-hybridized carbons (Fsp3) is 0.296. The second kappa shape index (κ2) is 9.46. The van der Waals surface area contributed by atoms with E-state index in [-0.39, 0.29) is 5.92 Å². The van der Waals surface area contributed by atoms with Crippen molar-refractivity contribution in [1.29, 1.82) is 0 Å². The molecule has 170 valence electrons. The first-order chi connectivity index (χ1) is 16.1. The van der Waals surface area contributed by atoms with Crippen LogP contribution in [0.5, 0.6) is 5.75 Å². The Kier molecular flexibility index (Phi) is 6.25. The predicted molar refractivity (Wildman–Crippen MR) is 131 cm³/mol. The number of rotatable bonds is 5. The second-order valence-electron chi connectivity index (χ2n) is 8.69. The maximum absolute atomic E-state index is 11.6. The smallest absolute Gasteiger partial charge is 0.335 e. The van der Waals surface area contributed by atoms with E-state index in [2.05, 4.69) is 40.1 Å². The number of aromatic carboxylic acids is 1. The van der Waals surface area contributed by atoms with Crippen LogP contribution in [-0.2, 0) is 6.61 Å². The molecule has 6 heteroatoms. The highest BCUT2D eigenvalue weighted by Crippen LogP contribution is 2.40. The van der Waals surface area contributed by atoms with Crippen LogP contribution in [0.2, 0.25) is 5.02 Å². The molecule has 0 aliphatic carbocycles. The van der Waals surface area contributed by atoms with Gasteiger partial charge >= 0.3 is 5.97 Å². The highest BCUT2D eigenvalue weighted by molar-refractivity contribution is 6.30. The van der Waals surface area contributed by atoms with Crippen molar-refractivity contribution in [1.82, 2.24) is 4.90 Å². The number of ether oxygens (including phenoxy) is 1. The SMILES string of the molecule is O=C(O)c1ccc2c(c1)C(CCN1CCN(c3ccc(Cl)cc3)CC1)c1ccccc1CO2. The molecule has 1 fully saturated rings. The van der Waals surface area contributed by atoms with Crippen LogP contribution < -0.4 is 9.64 Å². The summed E-state index contributed by atoms with van der Waals surface area (Å²) in [7, 11) is 0. The zero-order chi connectivity index (χ0) is 22.8. The monoisotopic (exact) mass is 462 g/mol. The molecule has 1 saturated heterocycles. The van der Waals surface area contributed by atoms with Gasteiger partial charge in [0.2, 0.25) is 0 Å². The summed E-state index contributed by atoms with van der Waals surface area (Å²) in [6.45, 7) is 5.40. The van der Waals surface area contributed by atoms with Crippen LogP contribution in [0.15, 0.2) is 66.7 Å². The number of benzene rings is 3. The van der Waals surface area contributed by atoms with E-state index in [1.54, 1.807) is 12.1 Å². The maximum Gasteiger partial charge on any atom is 0.335 e. The van der Waals surface area contributed by atoms with Gasteiger partial charge in [0.05, 0.1) is 5.56 Å². The molecule has 1 atom stereocenters. The van der Waals surface area contributed by atoms with Crippen molar-refractivity contribution in [2.45, 2.75) is 18.9 Å². The number of carboxylic acids is 1. The third kappa shape index (κ3) is 4.70. The van der Waals surface area contributed by atoms with Crippen LogP contribution >= 0.6 is 11.6 Å². The van der Waals surface area contributed by atoms with Gasteiger partial charge in [0, 0.05) is 48.4 Å². The number of nitrogens with zero attached hydrogens (tertiary/aromatic N) is 2. The Bertz CT molecular complexity index is 1140. The molecule has 3 aromatic rings. The van der Waals surface area contributed by atoms with Crippen LogP contribution in [0, 0.1) is 0 Å². The molecule has 3 aromatic carbocycles. The second-order valence-corrected chi connectivity index (χ2v) is 9.13. The Balaban J connectivity index is 1.32. The van der Waals surface area contributed by atoms with E-state index in [4.69, 9.17) is 16.3 Å². The van der Waals surface area contributed by atoms with Crippen molar-refractivity contribution >= 4 is 23.3 Å². The first-order valence-corrected chi connectivity index (χ1v) is 11.8. The maximum atomic E-state index is 11.6. The van der Waals surface area contributed by atoms with Gasteiger partial charge in [-0.2, -0.15) is 0 Å². The van der Waals surface area contributed by atoms with Crippen molar-refractivity contribution < 1.29 is 14.6 Å². The van der Waals surface area contributed by atoms with Gasteiger partial charge in [-0.15, -0.1) is 0 Å². The summed E-state index contributed by atoms with van der Waals surface area (Å²) in [6.07, 6.45) is 0.914. The first-order valence-electron chi connectivity index (χ1n) is 11.4. The minimum absolute atomic E-state index is 0.104. The number of halogens is 1. The van der Waals surface area contributed by atoms with Crippen LogP contribution in [0.4, 0.5) is 5.69 Å². The highest BCUT2D eigenvalue weighted by atomic mass is 35.5. The van der Waals surface area contributed by atoms with E-state index in [9.17, 15) is 9.90 Å². The highest BCUT2D eigenvalue weighted by Gasteiger charge is 2.27. The third-order valence-corrected chi connectivity index (χ3v) is 7.00. The molecule has 0 saturated carbocycles. The fourth-order valence-electron chi connectivity index (χ4n) is 4.92. The van der Waals surface area contributed by atoms with E-state index >= 15 is 0 Å². The van der Waals surface area contributed by atoms with Crippen LogP contribution in [-0.4, -0.2) is 48.7 Å². The fourth-order valence-corrected chi connectivity index (χ4v) is 5.04. The Morgan fingerprint density at radius 3 is 2.48 bits per heavy atom. The molecular weight excluding hydrogens is 436 g/mol. The molecule has 2 aliphatic heterocycles. The first kappa shape index (κ1) is 21.8. The van der Waals surface area contributed by atoms with E-state index in [1.807, 2.05) is 24.3 Å². The summed E-state index contributed by atoms with van der Waals surface area (Å²) >= 11 is 6.03. The summed E-state index contributed by atoms with van der Waals surface area (Å²) in [6, 6.07) is 21.6. The van der Waals surface area contributed by atoms with Crippen LogP contribution in [0.25, 0.3) is 0 Å². The van der Waals surface area contributed by atoms with Gasteiger partial charge in [-0.05, 0) is 66.6 Å². The van der Waals surface area contributed by atoms with Crippen molar-refractivity contribution in [2.24, 2.45) is 0 Å². The lowest BCUT2D eigenvalue weighted by atomic mass is 9.85. The van der Waals surface area contributed by atoms with Gasteiger partial charge in [0.15, 0.2) is 0 Å². The van der Waals surface area contributed by atoms with Gasteiger partial charge < -0.3 is 14.7 Å². The van der Waals surface area contributed by atoms with Crippen LogP contribution in [0.1, 0.15) is 39.4 Å². The lowest BCUT2D eigenvalue weighted by Crippen LogP contribution is -2.46. The lowest BCUT2D eigenvalue weighted by Gasteiger charge is -2.36. The molecule has 1 N–H and O–H groups in total. The molecule has 0 aromatic heterocycles. The van der Waals surface area contributed by atoms with E-state index in [1.165, 1.54) is 16.8 Å². The summed E-state index contributed by atoms with van der Waals surface area (Å²) in [5.74, 6) is -0.0199. The van der Waals surface area contributed by atoms with Gasteiger partial charge in [0.25, 0.3) is 0 Å². The van der Waals surface area contributed by atoms with Gasteiger partial charge in [0.1, 0.15) is 12.4 Å². The van der Waals surface area contributed by atoms with Crippen molar-refractivity contribution in [3.05, 3.63) is 94.0 Å². The minimum atomic E-state index is -0.910. The molecule has 5 nitrogen and oxygen atoms in total. The average molecular weight is 463 g/mol. The largest absolute Gasteiger partial charge is 0.489 e. The summed E-state index contributed by atoms with van der Waals surface area (Å²) in [5.41, 5.74) is 4.89. The molecular formula is C27H27ClN2O3. The lowest BCUT2D eigenvalue weighted by molar-refractivity contribution is 0.0696. The quantitative estimate of drug-likeness (QED) is 0.559. The molecule has 1 unspecified atom stereocenters. The minimum Gasteiger partial charge on any atom is -0.489 e. The number of hydrogen-bond donors (Lipinski definition) is 1. The number of piperazine rings is 1. The van der Waals surface area contributed by atoms with Crippen molar-refractivity contribution in [2.75, 3.05) is 37.6 Å². The zero-order valence-electron chi connectivity index (χ0n) is 18.4. The predicted octanol–water partition coefficient (Wildman–Crippen LogP) is 5.27. The number of carboxylic acid groups (broad SMARTS) is 1. The van der Waals surface area contributed by atoms with Gasteiger partial charge in [-0.1, -0.05) is 35.9 Å². The summed E-state index contributed by atoms with van der Waals surface area (Å²) in [4.78, 5) is 16.5. The number of carbonyl (C=O) groups is 1. The number of fused-ring (bicyclic) bond motifs is 2. The van der Waals surface area contributed by atoms with Gasteiger partial charge in [-0.25, -0.2) is 4.79 Å². The Morgan fingerprint density at radius 2 is 1.73 bits per heavy atom. The Hall–Kier alpha value is -3.02. The molecule has 5 rings (SSSR count). The molecule has 2 heterocycles. The molecule has 0 radical (unpaired) electrons. The topological polar surface area (TPSA) is 53.0 Å². The molecule has 0 bridgehead atoms. The summed E-state index contributed by atoms with van der Waals surface area (Å²) < 4.78 is 6.08. The zero-order valence-corrected chi connectivity index (χ0v) is 19.2. The Morgan fingerprint density at radius 1 is 0.970 bits per heavy atom. The van der Waals surface area contributed by atoms with Gasteiger partial charge in [-0.3, -0.25) is 4.90 Å². The summed E-state index contributed by atoms with van der Waals surface area (Å²) in [5, 5.41) is 10.3. The molecule has 2 aliphatic rings. The average Bonchev–Trinajstić information content (AvgIpc) is 3.00. The number of hydrogen-bond acceptors (Lipinski definition) is 4.